The molecule has 0 aliphatic heterocycles. The van der Waals surface area contributed by atoms with Crippen LogP contribution in [0.25, 0.3) is 38.1 Å². The second-order valence-corrected chi connectivity index (χ2v) is 10.5. The Morgan fingerprint density at radius 1 is 1.10 bits per heavy atom. The van der Waals surface area contributed by atoms with Gasteiger partial charge in [0.1, 0.15) is 11.6 Å². The Bertz CT molecular complexity index is 1650. The normalized spacial score (nSPS) is 22.1. The van der Waals surface area contributed by atoms with Crippen LogP contribution in [-0.2, 0) is 0 Å². The van der Waals surface area contributed by atoms with Crippen LogP contribution in [0.15, 0.2) is 42.6 Å². The van der Waals surface area contributed by atoms with Gasteiger partial charge >= 0.3 is 0 Å². The molecule has 7 nitrogen and oxygen atoms in total. The van der Waals surface area contributed by atoms with Crippen molar-refractivity contribution in [2.45, 2.75) is 38.6 Å². The lowest BCUT2D eigenvalue weighted by molar-refractivity contribution is -0.384. The van der Waals surface area contributed by atoms with Crippen LogP contribution in [0.3, 0.4) is 0 Å². The van der Waals surface area contributed by atoms with Crippen LogP contribution < -0.4 is 5.32 Å². The monoisotopic (exact) mass is 531 g/mol. The van der Waals surface area contributed by atoms with Crippen molar-refractivity contribution in [2.75, 3.05) is 5.32 Å². The molecule has 198 valence electrons. The molecule has 2 atom stereocenters. The number of pyridine rings is 1. The van der Waals surface area contributed by atoms with E-state index in [1.54, 1.807) is 0 Å². The minimum atomic E-state index is -0.802. The van der Waals surface area contributed by atoms with Crippen molar-refractivity contribution < 1.29 is 18.1 Å². The molecule has 2 aromatic carbocycles. The predicted octanol–water partition coefficient (Wildman–Crippen LogP) is 8.01. The smallest absolute Gasteiger partial charge is 0.269 e. The van der Waals surface area contributed by atoms with Crippen LogP contribution >= 0.6 is 0 Å². The zero-order chi connectivity index (χ0) is 27.4. The van der Waals surface area contributed by atoms with Crippen LogP contribution in [0.5, 0.6) is 0 Å². The number of benzene rings is 2. The molecule has 3 saturated carbocycles. The average molecular weight is 532 g/mol. The van der Waals surface area contributed by atoms with Gasteiger partial charge in [0.15, 0.2) is 11.6 Å². The van der Waals surface area contributed by atoms with Crippen molar-refractivity contribution in [3.05, 3.63) is 81.6 Å². The first kappa shape index (κ1) is 24.9. The molecule has 39 heavy (non-hydrogen) atoms. The van der Waals surface area contributed by atoms with Crippen LogP contribution in [0.1, 0.15) is 32.6 Å². The molecule has 3 aliphatic rings. The number of hydrogen-bond acceptors (Lipinski definition) is 4. The van der Waals surface area contributed by atoms with E-state index in [9.17, 15) is 18.9 Å². The average Bonchev–Trinajstić information content (AvgIpc) is 3.35. The quantitative estimate of drug-likeness (QED) is 0.155. The Morgan fingerprint density at radius 2 is 1.79 bits per heavy atom. The number of nitrogens with one attached hydrogen (secondary N) is 2. The van der Waals surface area contributed by atoms with Gasteiger partial charge in [-0.1, -0.05) is 6.92 Å². The van der Waals surface area contributed by atoms with Gasteiger partial charge in [-0.05, 0) is 67.2 Å². The van der Waals surface area contributed by atoms with Gasteiger partial charge in [0, 0.05) is 47.0 Å². The second-order valence-electron chi connectivity index (χ2n) is 10.5. The number of fused-ring (bicyclic) bond motifs is 4. The van der Waals surface area contributed by atoms with E-state index in [0.717, 1.165) is 37.8 Å². The van der Waals surface area contributed by atoms with E-state index in [2.05, 4.69) is 27.1 Å². The van der Waals surface area contributed by atoms with E-state index >= 15 is 4.39 Å². The lowest BCUT2D eigenvalue weighted by Crippen LogP contribution is -2.47. The van der Waals surface area contributed by atoms with Gasteiger partial charge in [0.2, 0.25) is 5.69 Å². The standard InChI is InChI=1S/C29H24F3N5O2/c1-14-15-3-5-17(6-4-15)25(14)35-29-24(32)23(16-7-9-19(10-8-16)37(38)39)28(33-2)27(36-29)21-13-34-26-20(21)11-18(30)12-22(26)31/h7-15,17,25,34H,3-6H2,1H3,(H,35,36)/t14-,15?,17?,25+/m0/s1. The summed E-state index contributed by atoms with van der Waals surface area (Å²) in [6.45, 7) is 10.1. The number of non-ortho nitro benzene ring substituents is 1. The van der Waals surface area contributed by atoms with Crippen LogP contribution in [0.2, 0.25) is 0 Å². The number of nitro groups is 1. The lowest BCUT2D eigenvalue weighted by atomic mass is 9.62. The molecule has 3 fully saturated rings. The molecule has 0 amide bonds. The van der Waals surface area contributed by atoms with E-state index in [1.165, 1.54) is 30.5 Å². The van der Waals surface area contributed by atoms with Crippen molar-refractivity contribution in [3.63, 3.8) is 0 Å². The number of aromatic nitrogens is 2. The number of halogens is 3. The maximum Gasteiger partial charge on any atom is 0.269 e. The molecule has 10 heteroatoms. The van der Waals surface area contributed by atoms with Gasteiger partial charge in [-0.3, -0.25) is 10.1 Å². The summed E-state index contributed by atoms with van der Waals surface area (Å²) in [7, 11) is 0. The maximum absolute atomic E-state index is 16.3. The first-order valence-corrected chi connectivity index (χ1v) is 12.9. The minimum absolute atomic E-state index is 0.0197. The fraction of sp³-hybridized carbons (Fsp3) is 0.310. The molecule has 2 N–H and O–H groups in total. The molecule has 3 aliphatic carbocycles. The van der Waals surface area contributed by atoms with E-state index in [0.29, 0.717) is 17.8 Å². The van der Waals surface area contributed by atoms with Gasteiger partial charge in [0.25, 0.3) is 5.69 Å². The molecule has 0 saturated heterocycles. The summed E-state index contributed by atoms with van der Waals surface area (Å²) in [6.07, 6.45) is 5.79. The molecule has 0 radical (unpaired) electrons. The van der Waals surface area contributed by atoms with E-state index in [4.69, 9.17) is 6.57 Å². The fourth-order valence-corrected chi connectivity index (χ4v) is 6.47. The lowest BCUT2D eigenvalue weighted by Gasteiger charge is -2.47. The van der Waals surface area contributed by atoms with Crippen molar-refractivity contribution in [1.29, 1.82) is 0 Å². The SMILES string of the molecule is [C-]#[N+]c1c(-c2c[nH]c3c(F)cc(F)cc23)nc(N[C@H]2C3CCC(CC3)[C@@H]2C)c(F)c1-c1ccc([N+](=O)[O-])cc1. The van der Waals surface area contributed by atoms with Gasteiger partial charge in [-0.15, -0.1) is 0 Å². The van der Waals surface area contributed by atoms with E-state index in [-0.39, 0.29) is 56.5 Å². The minimum Gasteiger partial charge on any atom is -0.364 e. The summed E-state index contributed by atoms with van der Waals surface area (Å²) in [5, 5.41) is 14.7. The van der Waals surface area contributed by atoms with Crippen LogP contribution in [-0.4, -0.2) is 20.9 Å². The summed E-state index contributed by atoms with van der Waals surface area (Å²) < 4.78 is 45.1. The highest BCUT2D eigenvalue weighted by Gasteiger charge is 2.42. The molecular formula is C29H24F3N5O2. The number of hydrogen-bond donors (Lipinski definition) is 2. The highest BCUT2D eigenvalue weighted by Crippen LogP contribution is 2.48. The van der Waals surface area contributed by atoms with Crippen molar-refractivity contribution >= 4 is 28.1 Å². The Balaban J connectivity index is 1.58. The van der Waals surface area contributed by atoms with Gasteiger partial charge < -0.3 is 10.3 Å². The molecule has 0 spiro atoms. The Kier molecular flexibility index (Phi) is 6.02. The van der Waals surface area contributed by atoms with Crippen molar-refractivity contribution in [2.24, 2.45) is 17.8 Å². The second kappa shape index (κ2) is 9.42. The number of rotatable bonds is 5. The molecule has 2 bridgehead atoms. The highest BCUT2D eigenvalue weighted by molar-refractivity contribution is 6.01. The topological polar surface area (TPSA) is 88.2 Å². The van der Waals surface area contributed by atoms with Crippen molar-refractivity contribution in [1.82, 2.24) is 9.97 Å². The number of nitro benzene ring substituents is 1. The van der Waals surface area contributed by atoms with Gasteiger partial charge in [-0.2, -0.15) is 0 Å². The maximum atomic E-state index is 16.3. The van der Waals surface area contributed by atoms with Crippen LogP contribution in [0.4, 0.5) is 30.4 Å². The zero-order valence-corrected chi connectivity index (χ0v) is 21.0. The number of H-pyrrole nitrogens is 1. The Hall–Kier alpha value is -4.39. The summed E-state index contributed by atoms with van der Waals surface area (Å²) in [6, 6.07) is 7.14. The Morgan fingerprint density at radius 3 is 2.44 bits per heavy atom. The summed E-state index contributed by atoms with van der Waals surface area (Å²) >= 11 is 0. The number of nitrogens with zero attached hydrogens (tertiary/aromatic N) is 3. The molecule has 2 heterocycles. The molecular weight excluding hydrogens is 507 g/mol. The zero-order valence-electron chi connectivity index (χ0n) is 21.0. The number of anilines is 1. The summed E-state index contributed by atoms with van der Waals surface area (Å²) in [5.74, 6) is -1.22. The molecule has 4 aromatic rings. The first-order chi connectivity index (χ1) is 18.8. The molecule has 0 unspecified atom stereocenters. The fourth-order valence-electron chi connectivity index (χ4n) is 6.47. The van der Waals surface area contributed by atoms with E-state index in [1.807, 2.05) is 0 Å². The summed E-state index contributed by atoms with van der Waals surface area (Å²) in [4.78, 5) is 21.6. The van der Waals surface area contributed by atoms with Crippen LogP contribution in [0, 0.1) is 51.9 Å². The molecule has 7 rings (SSSR count). The third-order valence-electron chi connectivity index (χ3n) is 8.49. The van der Waals surface area contributed by atoms with E-state index < -0.39 is 22.4 Å². The van der Waals surface area contributed by atoms with Crippen molar-refractivity contribution in [3.8, 4) is 22.4 Å². The van der Waals surface area contributed by atoms with Gasteiger partial charge in [-0.25, -0.2) is 23.0 Å². The highest BCUT2D eigenvalue weighted by atomic mass is 19.1. The largest absolute Gasteiger partial charge is 0.364 e. The first-order valence-electron chi connectivity index (χ1n) is 12.9. The summed E-state index contributed by atoms with van der Waals surface area (Å²) in [5.41, 5.74) is 0.198. The van der Waals surface area contributed by atoms with Gasteiger partial charge in [0.05, 0.1) is 22.7 Å². The predicted molar refractivity (Wildman–Crippen MR) is 142 cm³/mol. The number of aromatic amines is 1. The third-order valence-corrected chi connectivity index (χ3v) is 8.49. The third kappa shape index (κ3) is 4.09. The molecule has 2 aromatic heterocycles. The Labute approximate surface area is 222 Å².